The summed E-state index contributed by atoms with van der Waals surface area (Å²) >= 11 is 0. The van der Waals surface area contributed by atoms with Crippen LogP contribution in [0, 0.1) is 0 Å². The van der Waals surface area contributed by atoms with E-state index in [0.29, 0.717) is 51.3 Å². The number of phenols is 1. The van der Waals surface area contributed by atoms with Crippen molar-refractivity contribution in [2.45, 2.75) is 190 Å². The number of ether oxygens (including phenoxy) is 3. The van der Waals surface area contributed by atoms with Gasteiger partial charge in [0.2, 0.25) is 0 Å². The van der Waals surface area contributed by atoms with Crippen LogP contribution in [-0.4, -0.2) is 24.9 Å². The monoisotopic (exact) mass is 817 g/mol. The SMILES string of the molecule is CCCCOc1c2cc(C(C)(C)C)cc1Cc1cc(C(C)(C)C)cc(c1OCCCC)Cc1cc(C(C)(C)C)cc(c1OCCCC)Cc1cc(C(C)(C)C)cc(c1O)C2. The summed E-state index contributed by atoms with van der Waals surface area (Å²) in [5, 5.41) is 12.5. The summed E-state index contributed by atoms with van der Waals surface area (Å²) in [6.45, 7) is 36.2. The molecule has 1 aliphatic rings. The van der Waals surface area contributed by atoms with Crippen molar-refractivity contribution >= 4 is 0 Å². The fraction of sp³-hybridized carbons (Fsp3) is 0.571. The van der Waals surface area contributed by atoms with Crippen molar-refractivity contribution < 1.29 is 19.3 Å². The van der Waals surface area contributed by atoms with E-state index in [0.717, 1.165) is 78.0 Å². The molecule has 0 atom stereocenters. The topological polar surface area (TPSA) is 47.9 Å². The Labute approximate surface area is 365 Å². The lowest BCUT2D eigenvalue weighted by atomic mass is 9.79. The minimum Gasteiger partial charge on any atom is -0.507 e. The molecule has 0 unspecified atom stereocenters. The highest BCUT2D eigenvalue weighted by molar-refractivity contribution is 5.59. The van der Waals surface area contributed by atoms with Gasteiger partial charge in [0.25, 0.3) is 0 Å². The van der Waals surface area contributed by atoms with Gasteiger partial charge < -0.3 is 19.3 Å². The summed E-state index contributed by atoms with van der Waals surface area (Å²) in [6.07, 6.45) is 8.55. The molecule has 5 rings (SSSR count). The van der Waals surface area contributed by atoms with Crippen molar-refractivity contribution in [2.24, 2.45) is 0 Å². The number of phenolic OH excluding ortho intramolecular Hbond substituents is 1. The van der Waals surface area contributed by atoms with Crippen LogP contribution in [0.2, 0.25) is 0 Å². The number of unbranched alkanes of at least 4 members (excludes halogenated alkanes) is 3. The van der Waals surface area contributed by atoms with E-state index in [9.17, 15) is 5.11 Å². The summed E-state index contributed by atoms with van der Waals surface area (Å²) in [4.78, 5) is 0. The maximum absolute atomic E-state index is 12.5. The van der Waals surface area contributed by atoms with E-state index < -0.39 is 0 Å². The Bertz CT molecular complexity index is 1960. The predicted octanol–water partition coefficient (Wildman–Crippen LogP) is 14.8. The van der Waals surface area contributed by atoms with Crippen LogP contribution in [0.25, 0.3) is 0 Å². The molecule has 0 saturated heterocycles. The quantitative estimate of drug-likeness (QED) is 0.127. The van der Waals surface area contributed by atoms with E-state index in [1.54, 1.807) is 0 Å². The zero-order valence-corrected chi connectivity index (χ0v) is 40.5. The van der Waals surface area contributed by atoms with Gasteiger partial charge in [-0.3, -0.25) is 0 Å². The molecule has 328 valence electrons. The smallest absolute Gasteiger partial charge is 0.126 e. The van der Waals surface area contributed by atoms with Crippen molar-refractivity contribution in [1.82, 2.24) is 0 Å². The molecule has 0 saturated carbocycles. The summed E-state index contributed by atoms with van der Waals surface area (Å²) < 4.78 is 20.9. The average Bonchev–Trinajstić information content (AvgIpc) is 3.13. The zero-order valence-electron chi connectivity index (χ0n) is 40.5. The first-order valence-corrected chi connectivity index (χ1v) is 23.3. The summed E-state index contributed by atoms with van der Waals surface area (Å²) in [6, 6.07) is 18.8. The molecule has 0 aliphatic heterocycles. The maximum Gasteiger partial charge on any atom is 0.126 e. The van der Waals surface area contributed by atoms with Crippen LogP contribution in [0.5, 0.6) is 23.0 Å². The second kappa shape index (κ2) is 19.0. The van der Waals surface area contributed by atoms with Gasteiger partial charge in [-0.25, -0.2) is 0 Å². The Hall–Kier alpha value is -3.92. The van der Waals surface area contributed by atoms with Crippen LogP contribution >= 0.6 is 0 Å². The second-order valence-corrected chi connectivity index (χ2v) is 21.8. The third-order valence-electron chi connectivity index (χ3n) is 12.2. The predicted molar refractivity (Wildman–Crippen MR) is 255 cm³/mol. The van der Waals surface area contributed by atoms with Gasteiger partial charge in [-0.05, 0) is 108 Å². The Kier molecular flexibility index (Phi) is 14.9. The average molecular weight is 817 g/mol. The first-order valence-electron chi connectivity index (χ1n) is 23.3. The van der Waals surface area contributed by atoms with Crippen LogP contribution < -0.4 is 14.2 Å². The minimum absolute atomic E-state index is 0.0882. The molecule has 0 fully saturated rings. The lowest BCUT2D eigenvalue weighted by Crippen LogP contribution is -2.17. The van der Waals surface area contributed by atoms with Gasteiger partial charge in [-0.1, -0.05) is 172 Å². The van der Waals surface area contributed by atoms with Crippen molar-refractivity contribution in [3.05, 3.63) is 115 Å². The number of rotatable bonds is 12. The van der Waals surface area contributed by atoms with Crippen molar-refractivity contribution in [1.29, 1.82) is 0 Å². The van der Waals surface area contributed by atoms with E-state index in [1.807, 2.05) is 0 Å². The molecular weight excluding hydrogens is 737 g/mol. The van der Waals surface area contributed by atoms with Crippen molar-refractivity contribution in [3.8, 4) is 23.0 Å². The fourth-order valence-corrected chi connectivity index (χ4v) is 8.15. The van der Waals surface area contributed by atoms with Gasteiger partial charge in [0, 0.05) is 25.7 Å². The molecule has 4 heteroatoms. The second-order valence-electron chi connectivity index (χ2n) is 21.8. The highest BCUT2D eigenvalue weighted by Gasteiger charge is 2.29. The molecule has 0 radical (unpaired) electrons. The molecule has 0 amide bonds. The Balaban J connectivity index is 1.97. The number of hydrogen-bond acceptors (Lipinski definition) is 4. The summed E-state index contributed by atoms with van der Waals surface area (Å²) in [5.41, 5.74) is 13.5. The Morgan fingerprint density at radius 2 is 0.567 bits per heavy atom. The number of hydrogen-bond donors (Lipinski definition) is 1. The van der Waals surface area contributed by atoms with E-state index in [4.69, 9.17) is 14.2 Å². The van der Waals surface area contributed by atoms with E-state index in [2.05, 4.69) is 152 Å². The number of benzene rings is 4. The molecule has 4 aromatic rings. The minimum atomic E-state index is -0.128. The third kappa shape index (κ3) is 11.5. The molecule has 4 nitrogen and oxygen atoms in total. The van der Waals surface area contributed by atoms with Gasteiger partial charge in [0.05, 0.1) is 19.8 Å². The lowest BCUT2D eigenvalue weighted by molar-refractivity contribution is 0.299. The first-order chi connectivity index (χ1) is 28.0. The number of aromatic hydroxyl groups is 1. The molecule has 8 bridgehead atoms. The molecular formula is C56H80O4. The Morgan fingerprint density at radius 3 is 0.767 bits per heavy atom. The highest BCUT2D eigenvalue weighted by Crippen LogP contribution is 2.44. The summed E-state index contributed by atoms with van der Waals surface area (Å²) in [5.74, 6) is 3.25. The molecule has 0 spiro atoms. The van der Waals surface area contributed by atoms with E-state index in [1.165, 1.54) is 44.5 Å². The van der Waals surface area contributed by atoms with Crippen LogP contribution in [0.4, 0.5) is 0 Å². The fourth-order valence-electron chi connectivity index (χ4n) is 8.15. The maximum atomic E-state index is 12.5. The molecule has 4 aromatic carbocycles. The van der Waals surface area contributed by atoms with E-state index in [-0.39, 0.29) is 21.7 Å². The number of fused-ring (bicyclic) bond motifs is 8. The van der Waals surface area contributed by atoms with Gasteiger partial charge in [0.15, 0.2) is 0 Å². The lowest BCUT2D eigenvalue weighted by Gasteiger charge is -2.29. The van der Waals surface area contributed by atoms with Crippen LogP contribution in [0.3, 0.4) is 0 Å². The molecule has 1 aliphatic carbocycles. The highest BCUT2D eigenvalue weighted by atomic mass is 16.5. The van der Waals surface area contributed by atoms with Crippen LogP contribution in [-0.2, 0) is 47.3 Å². The van der Waals surface area contributed by atoms with Crippen molar-refractivity contribution in [2.75, 3.05) is 19.8 Å². The molecule has 1 N–H and O–H groups in total. The normalized spacial score (nSPS) is 13.7. The van der Waals surface area contributed by atoms with Gasteiger partial charge in [-0.2, -0.15) is 0 Å². The van der Waals surface area contributed by atoms with Crippen molar-refractivity contribution in [3.63, 3.8) is 0 Å². The van der Waals surface area contributed by atoms with Gasteiger partial charge in [0.1, 0.15) is 23.0 Å². The van der Waals surface area contributed by atoms with Crippen LogP contribution in [0.1, 0.15) is 209 Å². The molecule has 60 heavy (non-hydrogen) atoms. The largest absolute Gasteiger partial charge is 0.507 e. The third-order valence-corrected chi connectivity index (χ3v) is 12.2. The Morgan fingerprint density at radius 1 is 0.367 bits per heavy atom. The van der Waals surface area contributed by atoms with Gasteiger partial charge >= 0.3 is 0 Å². The standard InChI is InChI=1S/C56H80O4/c1-16-19-22-58-50-39-25-37-29-45(53(4,5)6)30-38(49(37)57)26-40-32-47(55(10,11)12)34-42(51(40)59-23-20-17-2)28-44-36-48(56(13,14)15)35-43(52(44)60-24-21-18-3)27-41(50)33-46(31-39)54(7,8)9/h29-36,57H,16-28H2,1-15H3. The molecule has 0 aromatic heterocycles. The zero-order chi connectivity index (χ0) is 44.2. The first kappa shape index (κ1) is 47.1. The van der Waals surface area contributed by atoms with Crippen LogP contribution in [0.15, 0.2) is 48.5 Å². The van der Waals surface area contributed by atoms with E-state index >= 15 is 0 Å². The summed E-state index contributed by atoms with van der Waals surface area (Å²) in [7, 11) is 0. The van der Waals surface area contributed by atoms with Gasteiger partial charge in [-0.15, -0.1) is 0 Å². The molecule has 0 heterocycles.